The molecule has 0 heterocycles. The minimum atomic E-state index is -4.94. The van der Waals surface area contributed by atoms with Gasteiger partial charge in [-0.2, -0.15) is 13.2 Å². The van der Waals surface area contributed by atoms with Crippen molar-refractivity contribution in [2.75, 3.05) is 12.4 Å². The van der Waals surface area contributed by atoms with Gasteiger partial charge in [-0.1, -0.05) is 17.7 Å². The van der Waals surface area contributed by atoms with E-state index in [1.165, 1.54) is 12.1 Å². The number of rotatable bonds is 6. The third kappa shape index (κ3) is 4.86. The van der Waals surface area contributed by atoms with Crippen LogP contribution in [0.4, 0.5) is 13.2 Å². The number of benzene rings is 1. The van der Waals surface area contributed by atoms with E-state index in [0.29, 0.717) is 6.08 Å². The second kappa shape index (κ2) is 7.09. The minimum Gasteiger partial charge on any atom is -0.502 e. The van der Waals surface area contributed by atoms with Gasteiger partial charge in [0.05, 0.1) is 29.4 Å². The zero-order chi connectivity index (χ0) is 16.1. The van der Waals surface area contributed by atoms with Gasteiger partial charge in [0.1, 0.15) is 0 Å². The van der Waals surface area contributed by atoms with Gasteiger partial charge in [0.15, 0.2) is 5.60 Å². The molecule has 0 radical (unpaired) electrons. The molecule has 0 amide bonds. The van der Waals surface area contributed by atoms with Crippen molar-refractivity contribution in [2.24, 2.45) is 0 Å². The Balaban J connectivity index is 2.96. The maximum atomic E-state index is 13.0. The van der Waals surface area contributed by atoms with E-state index in [9.17, 15) is 22.5 Å². The lowest BCUT2D eigenvalue weighted by atomic mass is 10.1. The average Bonchev–Trinajstić information content (AvgIpc) is 2.38. The van der Waals surface area contributed by atoms with Crippen molar-refractivity contribution < 1.29 is 27.2 Å². The number of aryl methyl sites for hydroxylation is 1. The van der Waals surface area contributed by atoms with E-state index in [2.05, 4.69) is 4.74 Å². The summed E-state index contributed by atoms with van der Waals surface area (Å²) in [6, 6.07) is 6.26. The summed E-state index contributed by atoms with van der Waals surface area (Å²) in [6.07, 6.45) is -3.68. The van der Waals surface area contributed by atoms with Gasteiger partial charge in [-0.3, -0.25) is 4.21 Å². The first-order valence-electron chi connectivity index (χ1n) is 6.23. The van der Waals surface area contributed by atoms with Crippen molar-refractivity contribution >= 4 is 10.8 Å². The number of hydrogen-bond acceptors (Lipinski definition) is 3. The molecule has 1 aromatic carbocycles. The third-order valence-corrected chi connectivity index (χ3v) is 4.23. The average molecular weight is 322 g/mol. The Bertz CT molecular complexity index is 511. The largest absolute Gasteiger partial charge is 0.502 e. The molecule has 2 atom stereocenters. The fourth-order valence-electron chi connectivity index (χ4n) is 1.45. The summed E-state index contributed by atoms with van der Waals surface area (Å²) in [4.78, 5) is 0.230. The highest BCUT2D eigenvalue weighted by Gasteiger charge is 2.53. The molecule has 0 aliphatic heterocycles. The molecule has 0 bridgehead atoms. The smallest absolute Gasteiger partial charge is 0.421 e. The van der Waals surface area contributed by atoms with E-state index in [0.717, 1.165) is 11.8 Å². The quantitative estimate of drug-likeness (QED) is 0.819. The molecule has 7 heteroatoms. The maximum absolute atomic E-state index is 13.0. The molecule has 1 aromatic rings. The lowest BCUT2D eigenvalue weighted by molar-refractivity contribution is -0.231. The van der Waals surface area contributed by atoms with Crippen LogP contribution in [0.25, 0.3) is 0 Å². The van der Waals surface area contributed by atoms with Crippen LogP contribution in [0.15, 0.2) is 41.5 Å². The molecule has 21 heavy (non-hydrogen) atoms. The molecule has 0 aromatic heterocycles. The normalized spacial score (nSPS) is 16.7. The Kier molecular flexibility index (Phi) is 5.98. The van der Waals surface area contributed by atoms with Crippen molar-refractivity contribution in [2.45, 2.75) is 30.5 Å². The first-order valence-corrected chi connectivity index (χ1v) is 7.55. The van der Waals surface area contributed by atoms with Gasteiger partial charge < -0.3 is 9.84 Å². The van der Waals surface area contributed by atoms with Crippen LogP contribution in [0.5, 0.6) is 0 Å². The molecule has 3 nitrogen and oxygen atoms in total. The Morgan fingerprint density at radius 3 is 2.33 bits per heavy atom. The van der Waals surface area contributed by atoms with Gasteiger partial charge in [0.2, 0.25) is 0 Å². The SMILES string of the molecule is CCO/C=C/[C@](O)(CS(=O)c1ccc(C)cc1)C(F)(F)F. The van der Waals surface area contributed by atoms with Crippen LogP contribution in [0, 0.1) is 6.92 Å². The lowest BCUT2D eigenvalue weighted by Gasteiger charge is -2.26. The Morgan fingerprint density at radius 2 is 1.86 bits per heavy atom. The summed E-state index contributed by atoms with van der Waals surface area (Å²) in [7, 11) is -1.99. The molecule has 1 unspecified atom stereocenters. The first kappa shape index (κ1) is 17.7. The molecule has 1 N–H and O–H groups in total. The van der Waals surface area contributed by atoms with Gasteiger partial charge in [0.25, 0.3) is 0 Å². The van der Waals surface area contributed by atoms with Gasteiger partial charge >= 0.3 is 6.18 Å². The number of hydrogen-bond donors (Lipinski definition) is 1. The number of alkyl halides is 3. The van der Waals surface area contributed by atoms with Crippen molar-refractivity contribution in [1.29, 1.82) is 0 Å². The van der Waals surface area contributed by atoms with Crippen LogP contribution in [0.1, 0.15) is 12.5 Å². The zero-order valence-corrected chi connectivity index (χ0v) is 12.5. The van der Waals surface area contributed by atoms with E-state index in [-0.39, 0.29) is 11.5 Å². The standard InChI is InChI=1S/C14H17F3O3S/c1-3-20-9-8-13(18,14(15,16)17)10-21(19)12-6-4-11(2)5-7-12/h4-9,18H,3,10H2,1-2H3/b9-8+/t13-,21?/m0/s1. The fraction of sp³-hybridized carbons (Fsp3) is 0.429. The van der Waals surface area contributed by atoms with Crippen molar-refractivity contribution in [3.63, 3.8) is 0 Å². The second-order valence-electron chi connectivity index (χ2n) is 4.48. The first-order chi connectivity index (χ1) is 9.69. The van der Waals surface area contributed by atoms with E-state index >= 15 is 0 Å². The molecule has 0 aliphatic carbocycles. The summed E-state index contributed by atoms with van der Waals surface area (Å²) in [6.45, 7) is 3.58. The molecule has 0 spiro atoms. The molecule has 1 rings (SSSR count). The van der Waals surface area contributed by atoms with Gasteiger partial charge in [-0.25, -0.2) is 0 Å². The molecule has 0 aliphatic rings. The predicted molar refractivity (Wildman–Crippen MR) is 74.2 cm³/mol. The minimum absolute atomic E-state index is 0.172. The van der Waals surface area contributed by atoms with Crippen molar-refractivity contribution in [1.82, 2.24) is 0 Å². The maximum Gasteiger partial charge on any atom is 0.421 e. The van der Waals surface area contributed by atoms with E-state index < -0.39 is 28.3 Å². The van der Waals surface area contributed by atoms with Crippen LogP contribution in [0.3, 0.4) is 0 Å². The molecular formula is C14H17F3O3S. The number of halogens is 3. The Morgan fingerprint density at radius 1 is 1.29 bits per heavy atom. The van der Waals surface area contributed by atoms with Crippen LogP contribution in [-0.4, -0.2) is 33.5 Å². The highest BCUT2D eigenvalue weighted by Crippen LogP contribution is 2.33. The second-order valence-corrected chi connectivity index (χ2v) is 5.93. The summed E-state index contributed by atoms with van der Waals surface area (Å²) in [5.41, 5.74) is -2.30. The van der Waals surface area contributed by atoms with Gasteiger partial charge in [-0.05, 0) is 32.1 Å². The molecular weight excluding hydrogens is 305 g/mol. The monoisotopic (exact) mass is 322 g/mol. The summed E-state index contributed by atoms with van der Waals surface area (Å²) in [5.74, 6) is -0.983. The molecule has 0 fully saturated rings. The predicted octanol–water partition coefficient (Wildman–Crippen LogP) is 2.95. The third-order valence-electron chi connectivity index (χ3n) is 2.73. The van der Waals surface area contributed by atoms with Crippen LogP contribution >= 0.6 is 0 Å². The van der Waals surface area contributed by atoms with Crippen LogP contribution < -0.4 is 0 Å². The zero-order valence-electron chi connectivity index (χ0n) is 11.7. The number of ether oxygens (including phenoxy) is 1. The molecule has 0 saturated carbocycles. The van der Waals surface area contributed by atoms with Gasteiger partial charge in [0, 0.05) is 4.90 Å². The highest BCUT2D eigenvalue weighted by molar-refractivity contribution is 7.85. The lowest BCUT2D eigenvalue weighted by Crippen LogP contribution is -2.47. The summed E-state index contributed by atoms with van der Waals surface area (Å²) < 4.78 is 55.7. The number of aliphatic hydroxyl groups is 1. The van der Waals surface area contributed by atoms with E-state index in [1.54, 1.807) is 19.1 Å². The van der Waals surface area contributed by atoms with Crippen LogP contribution in [0.2, 0.25) is 0 Å². The van der Waals surface area contributed by atoms with Crippen molar-refractivity contribution in [3.05, 3.63) is 42.2 Å². The molecule has 118 valence electrons. The summed E-state index contributed by atoms with van der Waals surface area (Å²) >= 11 is 0. The highest BCUT2D eigenvalue weighted by atomic mass is 32.2. The Labute approximate surface area is 123 Å². The topological polar surface area (TPSA) is 46.5 Å². The van der Waals surface area contributed by atoms with Crippen LogP contribution in [-0.2, 0) is 15.5 Å². The molecule has 0 saturated heterocycles. The van der Waals surface area contributed by atoms with Gasteiger partial charge in [-0.15, -0.1) is 0 Å². The summed E-state index contributed by atoms with van der Waals surface area (Å²) in [5, 5.41) is 9.78. The van der Waals surface area contributed by atoms with E-state index in [1.807, 2.05) is 6.92 Å². The Hall–Kier alpha value is -1.34. The van der Waals surface area contributed by atoms with Crippen molar-refractivity contribution in [3.8, 4) is 0 Å². The fourth-order valence-corrected chi connectivity index (χ4v) is 2.72. The van der Waals surface area contributed by atoms with E-state index in [4.69, 9.17) is 0 Å².